The molecule has 0 amide bonds. The molecule has 0 aromatic rings. The Morgan fingerprint density at radius 1 is 0.850 bits per heavy atom. The molecule has 5 heteroatoms. The molecular formula is C15H33NO3Si. The van der Waals surface area contributed by atoms with Gasteiger partial charge in [0.25, 0.3) is 0 Å². The Balaban J connectivity index is 4.01. The average molecular weight is 304 g/mol. The molecule has 0 aliphatic carbocycles. The molecule has 0 rings (SSSR count). The van der Waals surface area contributed by atoms with Crippen molar-refractivity contribution in [3.8, 4) is 0 Å². The van der Waals surface area contributed by atoms with E-state index >= 15 is 0 Å². The zero-order valence-corrected chi connectivity index (χ0v) is 14.8. The van der Waals surface area contributed by atoms with Gasteiger partial charge in [0.2, 0.25) is 0 Å². The van der Waals surface area contributed by atoms with E-state index in [1.165, 1.54) is 25.7 Å². The topological polar surface area (TPSA) is 40.0 Å². The predicted molar refractivity (Wildman–Crippen MR) is 87.6 cm³/mol. The van der Waals surface area contributed by atoms with Crippen molar-refractivity contribution in [3.63, 3.8) is 0 Å². The van der Waals surface area contributed by atoms with Gasteiger partial charge in [-0.05, 0) is 39.8 Å². The maximum Gasteiger partial charge on any atom is 0.501 e. The first-order valence-corrected chi connectivity index (χ1v) is 10.1. The highest BCUT2D eigenvalue weighted by Crippen LogP contribution is 2.17. The van der Waals surface area contributed by atoms with Gasteiger partial charge < -0.3 is 13.3 Å². The van der Waals surface area contributed by atoms with E-state index in [4.69, 9.17) is 13.3 Å². The van der Waals surface area contributed by atoms with Gasteiger partial charge in [-0.25, -0.2) is 0 Å². The molecule has 0 heterocycles. The molecule has 0 atom stereocenters. The van der Waals surface area contributed by atoms with Crippen LogP contribution in [0.15, 0.2) is 4.99 Å². The molecule has 0 aliphatic heterocycles. The summed E-state index contributed by atoms with van der Waals surface area (Å²) in [5, 5.41) is 0. The van der Waals surface area contributed by atoms with Gasteiger partial charge in [-0.2, -0.15) is 0 Å². The molecular weight excluding hydrogens is 270 g/mol. The molecule has 0 aromatic carbocycles. The van der Waals surface area contributed by atoms with Crippen LogP contribution in [0.1, 0.15) is 59.8 Å². The smallest absolute Gasteiger partial charge is 0.374 e. The third-order valence-electron chi connectivity index (χ3n) is 2.94. The minimum atomic E-state index is -2.47. The van der Waals surface area contributed by atoms with Gasteiger partial charge in [-0.1, -0.05) is 26.2 Å². The third-order valence-corrected chi connectivity index (χ3v) is 6.03. The molecule has 0 radical (unpaired) electrons. The molecule has 4 nitrogen and oxygen atoms in total. The Hall–Kier alpha value is -0.233. The van der Waals surface area contributed by atoms with Gasteiger partial charge in [-0.3, -0.25) is 4.99 Å². The van der Waals surface area contributed by atoms with E-state index in [1.54, 1.807) is 0 Å². The maximum absolute atomic E-state index is 5.80. The van der Waals surface area contributed by atoms with Crippen LogP contribution in [0, 0.1) is 0 Å². The Morgan fingerprint density at radius 2 is 1.45 bits per heavy atom. The molecule has 20 heavy (non-hydrogen) atoms. The normalized spacial score (nSPS) is 12.4. The minimum Gasteiger partial charge on any atom is -0.374 e. The molecule has 0 fully saturated rings. The van der Waals surface area contributed by atoms with Crippen molar-refractivity contribution in [2.75, 3.05) is 26.4 Å². The van der Waals surface area contributed by atoms with Crippen LogP contribution in [0.25, 0.3) is 0 Å². The van der Waals surface area contributed by atoms with Crippen LogP contribution in [0.5, 0.6) is 0 Å². The second kappa shape index (κ2) is 13.7. The van der Waals surface area contributed by atoms with Gasteiger partial charge in [-0.15, -0.1) is 0 Å². The number of aliphatic imine (C=N–C) groups is 1. The van der Waals surface area contributed by atoms with Crippen LogP contribution in [-0.4, -0.2) is 41.4 Å². The zero-order valence-electron chi connectivity index (χ0n) is 13.8. The quantitative estimate of drug-likeness (QED) is 0.276. The summed E-state index contributed by atoms with van der Waals surface area (Å²) in [6.07, 6.45) is 7.93. The first-order chi connectivity index (χ1) is 9.74. The van der Waals surface area contributed by atoms with Crippen LogP contribution in [0.3, 0.4) is 0 Å². The summed E-state index contributed by atoms with van der Waals surface area (Å²) in [5.74, 6) is 0. The van der Waals surface area contributed by atoms with E-state index in [9.17, 15) is 0 Å². The molecule has 0 spiro atoms. The lowest BCUT2D eigenvalue weighted by Gasteiger charge is -2.27. The van der Waals surface area contributed by atoms with Gasteiger partial charge in [0.05, 0.1) is 0 Å². The summed E-state index contributed by atoms with van der Waals surface area (Å²) < 4.78 is 17.4. The second-order valence-corrected chi connectivity index (χ2v) is 7.40. The molecule has 0 saturated heterocycles. The van der Waals surface area contributed by atoms with Crippen molar-refractivity contribution >= 4 is 15.0 Å². The molecule has 0 bridgehead atoms. The first kappa shape index (κ1) is 19.8. The van der Waals surface area contributed by atoms with E-state index in [2.05, 4.69) is 11.9 Å². The van der Waals surface area contributed by atoms with Crippen LogP contribution in [-0.2, 0) is 13.3 Å². The molecule has 0 aliphatic rings. The first-order valence-electron chi connectivity index (χ1n) is 8.14. The lowest BCUT2D eigenvalue weighted by Crippen LogP contribution is -2.46. The van der Waals surface area contributed by atoms with E-state index in [0.29, 0.717) is 19.8 Å². The summed E-state index contributed by atoms with van der Waals surface area (Å²) >= 11 is 0. The number of unbranched alkanes of at least 4 members (excludes halogenated alkanes) is 3. The van der Waals surface area contributed by atoms with Gasteiger partial charge in [0, 0.05) is 32.4 Å². The fourth-order valence-electron chi connectivity index (χ4n) is 2.06. The average Bonchev–Trinajstić information content (AvgIpc) is 2.43. The Bertz CT molecular complexity index is 220. The minimum absolute atomic E-state index is 0.639. The number of hydrogen-bond donors (Lipinski definition) is 0. The van der Waals surface area contributed by atoms with E-state index < -0.39 is 8.80 Å². The van der Waals surface area contributed by atoms with Crippen LogP contribution in [0.4, 0.5) is 0 Å². The van der Waals surface area contributed by atoms with Crippen LogP contribution < -0.4 is 0 Å². The van der Waals surface area contributed by atoms with E-state index in [1.807, 2.05) is 27.0 Å². The lowest BCUT2D eigenvalue weighted by atomic mass is 10.2. The largest absolute Gasteiger partial charge is 0.501 e. The van der Waals surface area contributed by atoms with Crippen molar-refractivity contribution in [2.24, 2.45) is 4.99 Å². The predicted octanol–water partition coefficient (Wildman–Crippen LogP) is 4.08. The monoisotopic (exact) mass is 303 g/mol. The SMILES string of the molecule is CCCCCCN=CCC[Si](OCC)(OCC)OCC. The van der Waals surface area contributed by atoms with Crippen molar-refractivity contribution in [1.29, 1.82) is 0 Å². The number of nitrogens with zero attached hydrogens (tertiary/aromatic N) is 1. The fourth-order valence-corrected chi connectivity index (χ4v) is 4.54. The Kier molecular flexibility index (Phi) is 13.6. The molecule has 0 saturated carbocycles. The highest BCUT2D eigenvalue weighted by Gasteiger charge is 2.39. The van der Waals surface area contributed by atoms with Gasteiger partial charge in [0.15, 0.2) is 0 Å². The van der Waals surface area contributed by atoms with Crippen molar-refractivity contribution in [2.45, 2.75) is 65.8 Å². The van der Waals surface area contributed by atoms with Crippen molar-refractivity contribution in [3.05, 3.63) is 0 Å². The summed E-state index contributed by atoms with van der Waals surface area (Å²) in [6.45, 7) is 11.0. The molecule has 0 N–H and O–H groups in total. The standard InChI is InChI=1S/C15H33NO3Si/c1-5-9-10-11-13-16-14-12-15-20(17-6-2,18-7-3)19-8-4/h14H,5-13,15H2,1-4H3. The summed E-state index contributed by atoms with van der Waals surface area (Å²) in [6, 6.07) is 0.820. The van der Waals surface area contributed by atoms with Crippen LogP contribution >= 0.6 is 0 Å². The van der Waals surface area contributed by atoms with Crippen LogP contribution in [0.2, 0.25) is 6.04 Å². The molecule has 0 aromatic heterocycles. The van der Waals surface area contributed by atoms with E-state index in [0.717, 1.165) is 19.0 Å². The highest BCUT2D eigenvalue weighted by atomic mass is 28.4. The fraction of sp³-hybridized carbons (Fsp3) is 0.933. The van der Waals surface area contributed by atoms with Crippen molar-refractivity contribution in [1.82, 2.24) is 0 Å². The molecule has 120 valence electrons. The van der Waals surface area contributed by atoms with E-state index in [-0.39, 0.29) is 0 Å². The van der Waals surface area contributed by atoms with Gasteiger partial charge >= 0.3 is 8.80 Å². The van der Waals surface area contributed by atoms with Gasteiger partial charge in [0.1, 0.15) is 0 Å². The number of rotatable bonds is 14. The summed E-state index contributed by atoms with van der Waals surface area (Å²) in [7, 11) is -2.47. The second-order valence-electron chi connectivity index (χ2n) is 4.67. The summed E-state index contributed by atoms with van der Waals surface area (Å²) in [5.41, 5.74) is 0. The number of hydrogen-bond acceptors (Lipinski definition) is 4. The third kappa shape index (κ3) is 9.64. The molecule has 0 unspecified atom stereocenters. The highest BCUT2D eigenvalue weighted by molar-refractivity contribution is 6.60. The Labute approximate surface area is 126 Å². The lowest BCUT2D eigenvalue weighted by molar-refractivity contribution is 0.0719. The maximum atomic E-state index is 5.80. The Morgan fingerprint density at radius 3 is 1.95 bits per heavy atom. The van der Waals surface area contributed by atoms with Crippen molar-refractivity contribution < 1.29 is 13.3 Å². The zero-order chi connectivity index (χ0) is 15.1. The summed E-state index contributed by atoms with van der Waals surface area (Å²) in [4.78, 5) is 4.46.